The van der Waals surface area contributed by atoms with E-state index in [0.29, 0.717) is 36.5 Å². The number of hydrogen-bond acceptors (Lipinski definition) is 6. The third kappa shape index (κ3) is 5.24. The number of fused-ring (bicyclic) bond motifs is 2. The van der Waals surface area contributed by atoms with E-state index in [1.165, 1.54) is 45.4 Å². The van der Waals surface area contributed by atoms with Crippen LogP contribution in [0.25, 0.3) is 0 Å². The highest BCUT2D eigenvalue weighted by Gasteiger charge is 2.42. The zero-order valence-electron chi connectivity index (χ0n) is 18.2. The molecule has 4 rings (SSSR count). The Labute approximate surface area is 182 Å². The molecule has 0 aromatic carbocycles. The Morgan fingerprint density at radius 3 is 1.33 bits per heavy atom. The van der Waals surface area contributed by atoms with Crippen molar-refractivity contribution in [1.82, 2.24) is 0 Å². The maximum absolute atomic E-state index is 12.8. The van der Waals surface area contributed by atoms with E-state index in [1.54, 1.807) is 0 Å². The normalized spacial score (nSPS) is 39.0. The number of hydrogen-bond donors (Lipinski definition) is 0. The first-order valence-corrected chi connectivity index (χ1v) is 15.0. The minimum absolute atomic E-state index is 0.398. The van der Waals surface area contributed by atoms with Crippen LogP contribution in [0.2, 0.25) is 0 Å². The molecule has 6 unspecified atom stereocenters. The summed E-state index contributed by atoms with van der Waals surface area (Å²) in [6.07, 6.45) is 13.6. The first-order chi connectivity index (χ1) is 14.2. The van der Waals surface area contributed by atoms with Crippen molar-refractivity contribution in [3.8, 4) is 0 Å². The molecule has 8 heteroatoms. The zero-order chi connectivity index (χ0) is 21.4. The summed E-state index contributed by atoms with van der Waals surface area (Å²) in [5.41, 5.74) is 0. The minimum Gasteiger partial charge on any atom is -0.266 e. The van der Waals surface area contributed by atoms with Gasteiger partial charge in [-0.2, -0.15) is 16.8 Å². The van der Waals surface area contributed by atoms with Crippen molar-refractivity contribution in [2.45, 2.75) is 114 Å². The van der Waals surface area contributed by atoms with Crippen molar-refractivity contribution >= 4 is 20.2 Å². The summed E-state index contributed by atoms with van der Waals surface area (Å²) in [4.78, 5) is 0. The molecule has 4 aliphatic carbocycles. The van der Waals surface area contributed by atoms with E-state index in [2.05, 4.69) is 0 Å². The van der Waals surface area contributed by atoms with Gasteiger partial charge in [0.15, 0.2) is 0 Å². The Kier molecular flexibility index (Phi) is 7.17. The Hall–Kier alpha value is -0.180. The highest BCUT2D eigenvalue weighted by Crippen LogP contribution is 2.43. The quantitative estimate of drug-likeness (QED) is 0.530. The monoisotopic (exact) mass is 462 g/mol. The molecule has 6 atom stereocenters. The van der Waals surface area contributed by atoms with Crippen LogP contribution < -0.4 is 0 Å². The SMILES string of the molecule is CC(S(=O)(=O)OC1CCC2CCCCC2C1)S(=O)(=O)OC1CCC2CCCCC2C1. The molecular weight excluding hydrogens is 424 g/mol. The fourth-order valence-corrected chi connectivity index (χ4v) is 9.36. The second-order valence-electron chi connectivity index (χ2n) is 10.2. The minimum atomic E-state index is -4.24. The molecular formula is C22H38O6S2. The van der Waals surface area contributed by atoms with Crippen molar-refractivity contribution in [2.75, 3.05) is 0 Å². The first kappa shape index (κ1) is 23.0. The van der Waals surface area contributed by atoms with Gasteiger partial charge in [0.05, 0.1) is 12.2 Å². The summed E-state index contributed by atoms with van der Waals surface area (Å²) in [5.74, 6) is 2.39. The van der Waals surface area contributed by atoms with Gasteiger partial charge < -0.3 is 0 Å². The molecule has 0 radical (unpaired) electrons. The summed E-state index contributed by atoms with van der Waals surface area (Å²) in [5, 5.41) is 0. The molecule has 4 aliphatic rings. The Morgan fingerprint density at radius 1 is 0.567 bits per heavy atom. The molecule has 0 N–H and O–H groups in total. The topological polar surface area (TPSA) is 86.7 Å². The average Bonchev–Trinajstić information content (AvgIpc) is 2.72. The van der Waals surface area contributed by atoms with Crippen LogP contribution in [-0.4, -0.2) is 33.6 Å². The maximum atomic E-state index is 12.8. The first-order valence-electron chi connectivity index (χ1n) is 12.1. The average molecular weight is 463 g/mol. The van der Waals surface area contributed by atoms with Crippen LogP contribution >= 0.6 is 0 Å². The Balaban J connectivity index is 1.34. The van der Waals surface area contributed by atoms with Gasteiger partial charge in [-0.3, -0.25) is 8.37 Å². The van der Waals surface area contributed by atoms with E-state index in [1.807, 2.05) is 0 Å². The fourth-order valence-electron chi connectivity index (χ4n) is 6.52. The second-order valence-corrected chi connectivity index (χ2v) is 14.3. The lowest BCUT2D eigenvalue weighted by Crippen LogP contribution is -2.39. The van der Waals surface area contributed by atoms with Gasteiger partial charge in [-0.05, 0) is 69.1 Å². The van der Waals surface area contributed by atoms with Gasteiger partial charge in [0, 0.05) is 0 Å². The van der Waals surface area contributed by atoms with Crippen LogP contribution in [0.3, 0.4) is 0 Å². The summed E-state index contributed by atoms with van der Waals surface area (Å²) in [6.45, 7) is 1.20. The number of rotatable bonds is 6. The van der Waals surface area contributed by atoms with Gasteiger partial charge in [-0.15, -0.1) is 0 Å². The van der Waals surface area contributed by atoms with Crippen molar-refractivity contribution in [2.24, 2.45) is 23.7 Å². The summed E-state index contributed by atoms with van der Waals surface area (Å²) in [6, 6.07) is 0. The third-order valence-corrected chi connectivity index (χ3v) is 12.5. The van der Waals surface area contributed by atoms with Crippen LogP contribution in [-0.2, 0) is 28.6 Å². The molecule has 30 heavy (non-hydrogen) atoms. The van der Waals surface area contributed by atoms with Gasteiger partial charge >= 0.3 is 0 Å². The van der Waals surface area contributed by atoms with Gasteiger partial charge in [-0.25, -0.2) is 0 Å². The highest BCUT2D eigenvalue weighted by molar-refractivity contribution is 8.04. The van der Waals surface area contributed by atoms with Crippen LogP contribution in [0.1, 0.15) is 96.8 Å². The van der Waals surface area contributed by atoms with Crippen molar-refractivity contribution in [1.29, 1.82) is 0 Å². The molecule has 0 aromatic rings. The van der Waals surface area contributed by atoms with E-state index in [0.717, 1.165) is 38.5 Å². The smallest absolute Gasteiger partial charge is 0.266 e. The van der Waals surface area contributed by atoms with Crippen LogP contribution in [0.15, 0.2) is 0 Å². The van der Waals surface area contributed by atoms with Crippen molar-refractivity contribution < 1.29 is 25.2 Å². The van der Waals surface area contributed by atoms with Gasteiger partial charge in [0.25, 0.3) is 20.2 Å². The van der Waals surface area contributed by atoms with Gasteiger partial charge in [0.1, 0.15) is 0 Å². The molecule has 6 nitrogen and oxygen atoms in total. The summed E-state index contributed by atoms with van der Waals surface area (Å²) < 4.78 is 60.4. The second kappa shape index (κ2) is 9.36. The molecule has 0 amide bonds. The fraction of sp³-hybridized carbons (Fsp3) is 1.00. The molecule has 0 saturated heterocycles. The predicted octanol–water partition coefficient (Wildman–Crippen LogP) is 4.74. The van der Waals surface area contributed by atoms with Crippen LogP contribution in [0.5, 0.6) is 0 Å². The maximum Gasteiger partial charge on any atom is 0.287 e. The van der Waals surface area contributed by atoms with E-state index >= 15 is 0 Å². The van der Waals surface area contributed by atoms with Gasteiger partial charge in [0.2, 0.25) is 4.58 Å². The van der Waals surface area contributed by atoms with E-state index in [4.69, 9.17) is 8.37 Å². The summed E-state index contributed by atoms with van der Waals surface area (Å²) >= 11 is 0. The van der Waals surface area contributed by atoms with Crippen LogP contribution in [0.4, 0.5) is 0 Å². The Bertz CT molecular complexity index is 726. The van der Waals surface area contributed by atoms with Crippen LogP contribution in [0, 0.1) is 23.7 Å². The van der Waals surface area contributed by atoms with E-state index in [-0.39, 0.29) is 0 Å². The predicted molar refractivity (Wildman–Crippen MR) is 116 cm³/mol. The highest BCUT2D eigenvalue weighted by atomic mass is 32.3. The van der Waals surface area contributed by atoms with Crippen molar-refractivity contribution in [3.05, 3.63) is 0 Å². The molecule has 4 saturated carbocycles. The largest absolute Gasteiger partial charge is 0.287 e. The Morgan fingerprint density at radius 2 is 0.933 bits per heavy atom. The molecule has 0 heterocycles. The van der Waals surface area contributed by atoms with E-state index in [9.17, 15) is 16.8 Å². The lowest BCUT2D eigenvalue weighted by molar-refractivity contribution is 0.0655. The lowest BCUT2D eigenvalue weighted by atomic mass is 9.70. The standard InChI is InChI=1S/C22H38O6S2/c1-16(29(23,24)27-21-12-10-17-6-2-4-8-19(17)14-21)30(25,26)28-22-13-11-18-7-3-5-9-20(18)15-22/h16-22H,2-15H2,1H3. The molecule has 0 bridgehead atoms. The summed E-state index contributed by atoms with van der Waals surface area (Å²) in [7, 11) is -8.49. The van der Waals surface area contributed by atoms with E-state index < -0.39 is 37.0 Å². The lowest BCUT2D eigenvalue weighted by Gasteiger charge is -2.39. The molecule has 0 aliphatic heterocycles. The van der Waals surface area contributed by atoms with Gasteiger partial charge in [-0.1, -0.05) is 51.4 Å². The third-order valence-electron chi connectivity index (χ3n) is 8.34. The molecule has 0 spiro atoms. The molecule has 0 aromatic heterocycles. The molecule has 4 fully saturated rings. The van der Waals surface area contributed by atoms with Crippen molar-refractivity contribution in [3.63, 3.8) is 0 Å². The molecule has 174 valence electrons. The zero-order valence-corrected chi connectivity index (χ0v) is 19.8.